The SMILES string of the molecule is CN=C(NCCOc1ccccc1)NCCN1CCc2cc(OC)c(OC)cc2C1.I. The van der Waals surface area contributed by atoms with Crippen LogP contribution in [0, 0.1) is 0 Å². The van der Waals surface area contributed by atoms with Gasteiger partial charge in [0.15, 0.2) is 17.5 Å². The molecule has 0 saturated heterocycles. The van der Waals surface area contributed by atoms with E-state index in [2.05, 4.69) is 32.7 Å². The van der Waals surface area contributed by atoms with E-state index in [4.69, 9.17) is 14.2 Å². The van der Waals surface area contributed by atoms with Crippen molar-refractivity contribution in [2.75, 3.05) is 54.1 Å². The topological polar surface area (TPSA) is 67.4 Å². The highest BCUT2D eigenvalue weighted by molar-refractivity contribution is 14.0. The van der Waals surface area contributed by atoms with E-state index in [0.29, 0.717) is 13.2 Å². The highest BCUT2D eigenvalue weighted by atomic mass is 127. The Morgan fingerprint density at radius 3 is 2.35 bits per heavy atom. The van der Waals surface area contributed by atoms with Crippen molar-refractivity contribution in [3.05, 3.63) is 53.6 Å². The fourth-order valence-corrected chi connectivity index (χ4v) is 3.54. The summed E-state index contributed by atoms with van der Waals surface area (Å²) >= 11 is 0. The first-order chi connectivity index (χ1) is 14.7. The number of benzene rings is 2. The Balaban J connectivity index is 0.00000341. The van der Waals surface area contributed by atoms with Gasteiger partial charge in [-0.2, -0.15) is 0 Å². The smallest absolute Gasteiger partial charge is 0.191 e. The molecule has 1 aliphatic rings. The summed E-state index contributed by atoms with van der Waals surface area (Å²) in [5.41, 5.74) is 2.65. The number of guanidine groups is 1. The predicted molar refractivity (Wildman–Crippen MR) is 135 cm³/mol. The molecule has 2 aromatic rings. The standard InChI is InChI=1S/C23H32N4O3.HI/c1-24-23(26-11-14-30-20-7-5-4-6-8-20)25-10-13-27-12-9-18-15-21(28-2)22(29-3)16-19(18)17-27;/h4-8,15-16H,9-14,17H2,1-3H3,(H2,24,25,26);1H. The molecule has 1 heterocycles. The molecule has 3 rings (SSSR count). The lowest BCUT2D eigenvalue weighted by Crippen LogP contribution is -2.43. The van der Waals surface area contributed by atoms with Gasteiger partial charge in [-0.3, -0.25) is 9.89 Å². The van der Waals surface area contributed by atoms with Crippen LogP contribution in [0.25, 0.3) is 0 Å². The van der Waals surface area contributed by atoms with E-state index >= 15 is 0 Å². The van der Waals surface area contributed by atoms with Crippen LogP contribution >= 0.6 is 24.0 Å². The second-order valence-corrected chi connectivity index (χ2v) is 7.09. The second-order valence-electron chi connectivity index (χ2n) is 7.09. The van der Waals surface area contributed by atoms with Crippen LogP contribution in [-0.2, 0) is 13.0 Å². The molecule has 0 bridgehead atoms. The monoisotopic (exact) mass is 540 g/mol. The molecule has 0 fully saturated rings. The average molecular weight is 540 g/mol. The number of fused-ring (bicyclic) bond motifs is 1. The quantitative estimate of drug-likeness (QED) is 0.221. The number of nitrogens with zero attached hydrogens (tertiary/aromatic N) is 2. The van der Waals surface area contributed by atoms with Crippen LogP contribution in [0.15, 0.2) is 47.5 Å². The Kier molecular flexibility index (Phi) is 10.7. The number of aliphatic imine (C=N–C) groups is 1. The van der Waals surface area contributed by atoms with Gasteiger partial charge in [-0.1, -0.05) is 18.2 Å². The summed E-state index contributed by atoms with van der Waals surface area (Å²) in [6.07, 6.45) is 1.01. The van der Waals surface area contributed by atoms with Crippen LogP contribution in [0.4, 0.5) is 0 Å². The zero-order valence-electron chi connectivity index (χ0n) is 18.5. The number of halogens is 1. The minimum absolute atomic E-state index is 0. The molecule has 2 aromatic carbocycles. The molecule has 2 N–H and O–H groups in total. The summed E-state index contributed by atoms with van der Waals surface area (Å²) < 4.78 is 16.6. The first kappa shape index (κ1) is 25.1. The Morgan fingerprint density at radius 1 is 1.00 bits per heavy atom. The van der Waals surface area contributed by atoms with E-state index in [9.17, 15) is 0 Å². The maximum atomic E-state index is 5.70. The number of nitrogens with one attached hydrogen (secondary N) is 2. The van der Waals surface area contributed by atoms with Crippen molar-refractivity contribution in [1.29, 1.82) is 0 Å². The van der Waals surface area contributed by atoms with Crippen molar-refractivity contribution in [3.63, 3.8) is 0 Å². The maximum Gasteiger partial charge on any atom is 0.191 e. The van der Waals surface area contributed by atoms with Crippen LogP contribution in [0.2, 0.25) is 0 Å². The minimum atomic E-state index is 0. The molecular weight excluding hydrogens is 507 g/mol. The molecule has 8 heteroatoms. The van der Waals surface area contributed by atoms with Crippen molar-refractivity contribution >= 4 is 29.9 Å². The minimum Gasteiger partial charge on any atom is -0.493 e. The largest absolute Gasteiger partial charge is 0.493 e. The molecule has 0 spiro atoms. The molecule has 0 atom stereocenters. The van der Waals surface area contributed by atoms with Crippen LogP contribution in [-0.4, -0.2) is 64.9 Å². The zero-order chi connectivity index (χ0) is 21.2. The number of hydrogen-bond donors (Lipinski definition) is 2. The molecular formula is C23H33IN4O3. The van der Waals surface area contributed by atoms with Gasteiger partial charge in [-0.15, -0.1) is 24.0 Å². The van der Waals surface area contributed by atoms with Gasteiger partial charge in [0.05, 0.1) is 20.8 Å². The van der Waals surface area contributed by atoms with Crippen molar-refractivity contribution in [3.8, 4) is 17.2 Å². The van der Waals surface area contributed by atoms with Gasteiger partial charge < -0.3 is 24.8 Å². The highest BCUT2D eigenvalue weighted by Gasteiger charge is 2.19. The van der Waals surface area contributed by atoms with Crippen molar-refractivity contribution in [2.24, 2.45) is 4.99 Å². The number of para-hydroxylation sites is 1. The fraction of sp³-hybridized carbons (Fsp3) is 0.435. The van der Waals surface area contributed by atoms with Crippen LogP contribution in [0.3, 0.4) is 0 Å². The second kappa shape index (κ2) is 13.3. The molecule has 7 nitrogen and oxygen atoms in total. The summed E-state index contributed by atoms with van der Waals surface area (Å²) in [6.45, 7) is 4.97. The third-order valence-corrected chi connectivity index (χ3v) is 5.15. The number of rotatable bonds is 9. The molecule has 170 valence electrons. The normalized spacial score (nSPS) is 13.6. The van der Waals surface area contributed by atoms with E-state index in [1.165, 1.54) is 11.1 Å². The molecule has 31 heavy (non-hydrogen) atoms. The third kappa shape index (κ3) is 7.46. The van der Waals surface area contributed by atoms with Crippen molar-refractivity contribution in [2.45, 2.75) is 13.0 Å². The van der Waals surface area contributed by atoms with Crippen molar-refractivity contribution in [1.82, 2.24) is 15.5 Å². The Hall–Kier alpha value is -2.20. The van der Waals surface area contributed by atoms with Crippen LogP contribution in [0.5, 0.6) is 17.2 Å². The van der Waals surface area contributed by atoms with Gasteiger partial charge in [0.1, 0.15) is 12.4 Å². The van der Waals surface area contributed by atoms with E-state index in [0.717, 1.165) is 55.8 Å². The van der Waals surface area contributed by atoms with E-state index in [1.54, 1.807) is 21.3 Å². The summed E-state index contributed by atoms with van der Waals surface area (Å²) in [6, 6.07) is 14.0. The number of methoxy groups -OCH3 is 2. The lowest BCUT2D eigenvalue weighted by molar-refractivity contribution is 0.256. The highest BCUT2D eigenvalue weighted by Crippen LogP contribution is 2.33. The predicted octanol–water partition coefficient (Wildman–Crippen LogP) is 2.92. The molecule has 0 aliphatic carbocycles. The summed E-state index contributed by atoms with van der Waals surface area (Å²) in [5, 5.41) is 6.66. The molecule has 0 amide bonds. The first-order valence-corrected chi connectivity index (χ1v) is 10.3. The Labute approximate surface area is 202 Å². The Bertz CT molecular complexity index is 833. The Morgan fingerprint density at radius 2 is 1.68 bits per heavy atom. The van der Waals surface area contributed by atoms with Gasteiger partial charge in [-0.25, -0.2) is 0 Å². The molecule has 0 radical (unpaired) electrons. The molecule has 0 saturated carbocycles. The third-order valence-electron chi connectivity index (χ3n) is 5.15. The zero-order valence-corrected chi connectivity index (χ0v) is 20.8. The van der Waals surface area contributed by atoms with Crippen LogP contribution < -0.4 is 24.8 Å². The van der Waals surface area contributed by atoms with Gasteiger partial charge in [0.25, 0.3) is 0 Å². The maximum absolute atomic E-state index is 5.70. The first-order valence-electron chi connectivity index (χ1n) is 10.3. The van der Waals surface area contributed by atoms with Crippen LogP contribution in [0.1, 0.15) is 11.1 Å². The number of hydrogen-bond acceptors (Lipinski definition) is 5. The lowest BCUT2D eigenvalue weighted by atomic mass is 9.99. The van der Waals surface area contributed by atoms with Gasteiger partial charge in [0.2, 0.25) is 0 Å². The van der Waals surface area contributed by atoms with E-state index < -0.39 is 0 Å². The summed E-state index contributed by atoms with van der Waals surface area (Å²) in [7, 11) is 5.14. The van der Waals surface area contributed by atoms with Gasteiger partial charge >= 0.3 is 0 Å². The molecule has 0 unspecified atom stereocenters. The van der Waals surface area contributed by atoms with E-state index in [1.807, 2.05) is 30.3 Å². The van der Waals surface area contributed by atoms with Gasteiger partial charge in [-0.05, 0) is 41.8 Å². The average Bonchev–Trinajstić information content (AvgIpc) is 2.80. The molecule has 0 aromatic heterocycles. The summed E-state index contributed by atoms with van der Waals surface area (Å²) in [4.78, 5) is 6.72. The lowest BCUT2D eigenvalue weighted by Gasteiger charge is -2.29. The molecule has 1 aliphatic heterocycles. The fourth-order valence-electron chi connectivity index (χ4n) is 3.54. The van der Waals surface area contributed by atoms with Gasteiger partial charge in [0, 0.05) is 33.2 Å². The number of ether oxygens (including phenoxy) is 3. The van der Waals surface area contributed by atoms with Crippen molar-refractivity contribution < 1.29 is 14.2 Å². The summed E-state index contributed by atoms with van der Waals surface area (Å²) in [5.74, 6) is 3.26. The van der Waals surface area contributed by atoms with E-state index in [-0.39, 0.29) is 24.0 Å².